The number of piperidine rings is 1. The van der Waals surface area contributed by atoms with Crippen LogP contribution in [0.4, 0.5) is 18.0 Å². The third-order valence-electron chi connectivity index (χ3n) is 4.57. The van der Waals surface area contributed by atoms with E-state index in [4.69, 9.17) is 4.74 Å². The number of likely N-dealkylation sites (N-methyl/N-ethyl adjacent to an activating group) is 1. The van der Waals surface area contributed by atoms with Crippen molar-refractivity contribution in [1.82, 2.24) is 15.1 Å². The molecule has 0 aromatic rings. The summed E-state index contributed by atoms with van der Waals surface area (Å²) in [6.07, 6.45) is -4.62. The van der Waals surface area contributed by atoms with Crippen molar-refractivity contribution in [2.24, 2.45) is 5.92 Å². The minimum atomic E-state index is -4.38. The second-order valence-electron chi connectivity index (χ2n) is 7.94. The van der Waals surface area contributed by atoms with E-state index in [-0.39, 0.29) is 39.0 Å². The van der Waals surface area contributed by atoms with Crippen LogP contribution >= 0.6 is 0 Å². The van der Waals surface area contributed by atoms with Gasteiger partial charge in [-0.2, -0.15) is 13.2 Å². The number of hydrogen-bond acceptors (Lipinski definition) is 4. The minimum absolute atomic E-state index is 0.108. The molecule has 0 unspecified atom stereocenters. The first kappa shape index (κ1) is 24.8. The summed E-state index contributed by atoms with van der Waals surface area (Å²) < 4.78 is 44.7. The number of alkyl carbamates (subject to hydrolysis) is 1. The van der Waals surface area contributed by atoms with Gasteiger partial charge in [-0.1, -0.05) is 6.58 Å². The fraction of sp³-hybridized carbons (Fsp3) is 0.737. The Bertz CT molecular complexity index is 617. The second-order valence-corrected chi connectivity index (χ2v) is 7.94. The van der Waals surface area contributed by atoms with Gasteiger partial charge < -0.3 is 19.9 Å². The molecule has 0 spiro atoms. The Hall–Kier alpha value is -2.26. The van der Waals surface area contributed by atoms with Crippen LogP contribution in [0.5, 0.6) is 0 Å². The van der Waals surface area contributed by atoms with Crippen molar-refractivity contribution < 1.29 is 32.3 Å². The summed E-state index contributed by atoms with van der Waals surface area (Å²) in [7, 11) is 0. The summed E-state index contributed by atoms with van der Waals surface area (Å²) >= 11 is 0. The average Bonchev–Trinajstić information content (AvgIpc) is 2.61. The molecule has 2 atom stereocenters. The van der Waals surface area contributed by atoms with E-state index < -0.39 is 41.6 Å². The lowest BCUT2D eigenvalue weighted by molar-refractivity contribution is -0.191. The Morgan fingerprint density at radius 1 is 1.28 bits per heavy atom. The number of ether oxygens (including phenoxy) is 1. The highest BCUT2D eigenvalue weighted by Gasteiger charge is 2.45. The van der Waals surface area contributed by atoms with Crippen molar-refractivity contribution in [2.75, 3.05) is 26.2 Å². The van der Waals surface area contributed by atoms with Crippen LogP contribution in [0.1, 0.15) is 40.5 Å². The maximum atomic E-state index is 13.2. The number of hydrogen-bond donors (Lipinski definition) is 1. The van der Waals surface area contributed by atoms with Gasteiger partial charge in [0, 0.05) is 25.7 Å². The molecule has 0 aromatic carbocycles. The maximum Gasteiger partial charge on any atom is 0.407 e. The predicted molar refractivity (Wildman–Crippen MR) is 101 cm³/mol. The van der Waals surface area contributed by atoms with E-state index in [0.717, 1.165) is 6.08 Å². The number of carbonyl (C=O) groups is 3. The lowest BCUT2D eigenvalue weighted by atomic mass is 9.90. The van der Waals surface area contributed by atoms with Gasteiger partial charge in [0.05, 0.1) is 5.92 Å². The monoisotopic (exact) mass is 421 g/mol. The van der Waals surface area contributed by atoms with Crippen molar-refractivity contribution >= 4 is 17.9 Å². The number of carbonyl (C=O) groups excluding carboxylic acids is 3. The van der Waals surface area contributed by atoms with Crippen molar-refractivity contribution in [3.05, 3.63) is 12.7 Å². The molecule has 0 aliphatic carbocycles. The average molecular weight is 421 g/mol. The number of alkyl halides is 3. The van der Waals surface area contributed by atoms with Crippen LogP contribution in [0.2, 0.25) is 0 Å². The zero-order valence-corrected chi connectivity index (χ0v) is 17.3. The summed E-state index contributed by atoms with van der Waals surface area (Å²) in [5, 5.41) is 2.45. The first-order valence-electron chi connectivity index (χ1n) is 9.52. The molecule has 1 N–H and O–H groups in total. The summed E-state index contributed by atoms with van der Waals surface area (Å²) in [6.45, 7) is 9.78. The Kier molecular flexibility index (Phi) is 8.52. The molecule has 1 rings (SSSR count). The summed E-state index contributed by atoms with van der Waals surface area (Å²) in [4.78, 5) is 38.9. The second kappa shape index (κ2) is 9.98. The third-order valence-corrected chi connectivity index (χ3v) is 4.57. The normalized spacial score (nSPS) is 20.0. The topological polar surface area (TPSA) is 79.0 Å². The Morgan fingerprint density at radius 2 is 1.90 bits per heavy atom. The van der Waals surface area contributed by atoms with E-state index in [1.165, 1.54) is 9.80 Å². The Labute approximate surface area is 169 Å². The SMILES string of the molecule is C=CC(=O)N(CC)CC(=O)N1CC[C@H](C(F)(F)F)C[C@@H]1CNC(=O)OC(C)(C)C. The molecule has 7 nitrogen and oxygen atoms in total. The van der Waals surface area contributed by atoms with E-state index in [1.807, 2.05) is 0 Å². The van der Waals surface area contributed by atoms with Gasteiger partial charge in [-0.05, 0) is 46.6 Å². The highest BCUT2D eigenvalue weighted by Crippen LogP contribution is 2.36. The summed E-state index contributed by atoms with van der Waals surface area (Å²) in [6, 6.07) is -0.854. The van der Waals surface area contributed by atoms with E-state index >= 15 is 0 Å². The highest BCUT2D eigenvalue weighted by atomic mass is 19.4. The first-order valence-corrected chi connectivity index (χ1v) is 9.52. The zero-order chi connectivity index (χ0) is 22.4. The van der Waals surface area contributed by atoms with Gasteiger partial charge >= 0.3 is 12.3 Å². The molecular weight excluding hydrogens is 391 g/mol. The molecule has 0 bridgehead atoms. The van der Waals surface area contributed by atoms with Crippen LogP contribution in [0.15, 0.2) is 12.7 Å². The fourth-order valence-corrected chi connectivity index (χ4v) is 3.11. The molecule has 1 fully saturated rings. The van der Waals surface area contributed by atoms with Crippen molar-refractivity contribution in [3.63, 3.8) is 0 Å². The third kappa shape index (κ3) is 7.94. The van der Waals surface area contributed by atoms with Gasteiger partial charge in [0.1, 0.15) is 12.1 Å². The molecule has 0 saturated carbocycles. The van der Waals surface area contributed by atoms with Gasteiger partial charge in [0.25, 0.3) is 0 Å². The Morgan fingerprint density at radius 3 is 2.38 bits per heavy atom. The van der Waals surface area contributed by atoms with Crippen LogP contribution < -0.4 is 5.32 Å². The number of rotatable bonds is 6. The maximum absolute atomic E-state index is 13.2. The molecule has 1 saturated heterocycles. The molecule has 10 heteroatoms. The van der Waals surface area contributed by atoms with E-state index in [9.17, 15) is 27.6 Å². The minimum Gasteiger partial charge on any atom is -0.444 e. The van der Waals surface area contributed by atoms with Crippen LogP contribution in [0.25, 0.3) is 0 Å². The number of amides is 3. The van der Waals surface area contributed by atoms with E-state index in [1.54, 1.807) is 27.7 Å². The fourth-order valence-electron chi connectivity index (χ4n) is 3.11. The van der Waals surface area contributed by atoms with Crippen LogP contribution in [-0.4, -0.2) is 71.7 Å². The van der Waals surface area contributed by atoms with Gasteiger partial charge in [-0.3, -0.25) is 9.59 Å². The number of nitrogens with zero attached hydrogens (tertiary/aromatic N) is 2. The van der Waals surface area contributed by atoms with Gasteiger partial charge in [0.15, 0.2) is 0 Å². The lowest BCUT2D eigenvalue weighted by Gasteiger charge is -2.40. The van der Waals surface area contributed by atoms with Crippen LogP contribution in [0, 0.1) is 5.92 Å². The number of nitrogens with one attached hydrogen (secondary N) is 1. The summed E-state index contributed by atoms with van der Waals surface area (Å²) in [5.74, 6) is -2.47. The quantitative estimate of drug-likeness (QED) is 0.669. The van der Waals surface area contributed by atoms with Crippen molar-refractivity contribution in [2.45, 2.75) is 58.4 Å². The predicted octanol–water partition coefficient (Wildman–Crippen LogP) is 2.72. The largest absolute Gasteiger partial charge is 0.444 e. The van der Waals surface area contributed by atoms with Gasteiger partial charge in [0.2, 0.25) is 11.8 Å². The van der Waals surface area contributed by atoms with Crippen LogP contribution in [-0.2, 0) is 14.3 Å². The van der Waals surface area contributed by atoms with Gasteiger partial charge in [-0.25, -0.2) is 4.79 Å². The molecule has 1 aliphatic rings. The van der Waals surface area contributed by atoms with Crippen molar-refractivity contribution in [1.29, 1.82) is 0 Å². The molecule has 1 aliphatic heterocycles. The molecule has 3 amide bonds. The molecule has 1 heterocycles. The molecule has 0 radical (unpaired) electrons. The highest BCUT2D eigenvalue weighted by molar-refractivity contribution is 5.91. The Balaban J connectivity index is 2.88. The lowest BCUT2D eigenvalue weighted by Crippen LogP contribution is -2.55. The number of halogens is 3. The van der Waals surface area contributed by atoms with E-state index in [2.05, 4.69) is 11.9 Å². The van der Waals surface area contributed by atoms with E-state index in [0.29, 0.717) is 0 Å². The van der Waals surface area contributed by atoms with Gasteiger partial charge in [-0.15, -0.1) is 0 Å². The number of likely N-dealkylation sites (tertiary alicyclic amines) is 1. The van der Waals surface area contributed by atoms with Crippen LogP contribution in [0.3, 0.4) is 0 Å². The smallest absolute Gasteiger partial charge is 0.407 e. The van der Waals surface area contributed by atoms with Crippen molar-refractivity contribution in [3.8, 4) is 0 Å². The molecule has 166 valence electrons. The first-order chi connectivity index (χ1) is 13.3. The molecular formula is C19H30F3N3O4. The summed E-state index contributed by atoms with van der Waals surface area (Å²) in [5.41, 5.74) is -0.757. The molecule has 0 aromatic heterocycles. The zero-order valence-electron chi connectivity index (χ0n) is 17.3. The molecule has 29 heavy (non-hydrogen) atoms. The standard InChI is InChI=1S/C19H30F3N3O4/c1-6-15(26)24(7-2)12-16(27)25-9-8-13(19(20,21)22)10-14(25)11-23-17(28)29-18(3,4)5/h6,13-14H,1,7-12H2,2-5H3,(H,23,28)/t13-,14+/m0/s1.